The summed E-state index contributed by atoms with van der Waals surface area (Å²) in [7, 11) is 0. The molecule has 8 heteroatoms. The van der Waals surface area contributed by atoms with Crippen molar-refractivity contribution in [1.29, 1.82) is 0 Å². The van der Waals surface area contributed by atoms with Crippen LogP contribution in [0.15, 0.2) is 29.3 Å². The Morgan fingerprint density at radius 3 is 2.84 bits per heavy atom. The Labute approximate surface area is 144 Å². The maximum Gasteiger partial charge on any atom is 0.276 e. The van der Waals surface area contributed by atoms with E-state index in [4.69, 9.17) is 4.52 Å². The molecule has 0 spiro atoms. The van der Waals surface area contributed by atoms with Crippen LogP contribution in [0, 0.1) is 0 Å². The van der Waals surface area contributed by atoms with E-state index in [0.717, 1.165) is 12.8 Å². The van der Waals surface area contributed by atoms with Gasteiger partial charge in [-0.25, -0.2) is 9.97 Å². The number of carbonyl (C=O) groups excluding carboxylic acids is 1. The van der Waals surface area contributed by atoms with E-state index in [1.165, 1.54) is 0 Å². The average Bonchev–Trinajstić information content (AvgIpc) is 3.30. The lowest BCUT2D eigenvalue weighted by Gasteiger charge is -2.31. The average molecular weight is 340 g/mol. The van der Waals surface area contributed by atoms with Crippen molar-refractivity contribution >= 4 is 11.6 Å². The monoisotopic (exact) mass is 340 g/mol. The molecule has 0 unspecified atom stereocenters. The van der Waals surface area contributed by atoms with Crippen LogP contribution >= 0.6 is 0 Å². The fourth-order valence-corrected chi connectivity index (χ4v) is 3.17. The SMILES string of the molecule is CC(C)c1nc([C@H]2CCCN(C(=O)c3nccn4ccnc34)C2)no1. The van der Waals surface area contributed by atoms with Gasteiger partial charge in [0.2, 0.25) is 5.89 Å². The number of nitrogens with zero attached hydrogens (tertiary/aromatic N) is 6. The summed E-state index contributed by atoms with van der Waals surface area (Å²) in [5.41, 5.74) is 0.959. The molecule has 0 radical (unpaired) electrons. The molecule has 4 heterocycles. The van der Waals surface area contributed by atoms with Gasteiger partial charge in [0, 0.05) is 49.7 Å². The molecule has 0 aliphatic carbocycles. The predicted octanol–water partition coefficient (Wildman–Crippen LogP) is 2.26. The zero-order valence-corrected chi connectivity index (χ0v) is 14.3. The number of likely N-dealkylation sites (tertiary alicyclic amines) is 1. The Kier molecular flexibility index (Phi) is 3.95. The first-order valence-electron chi connectivity index (χ1n) is 8.54. The Bertz CT molecular complexity index is 899. The number of aromatic nitrogens is 5. The van der Waals surface area contributed by atoms with E-state index in [1.807, 2.05) is 18.7 Å². The highest BCUT2D eigenvalue weighted by Crippen LogP contribution is 2.27. The number of amides is 1. The second-order valence-electron chi connectivity index (χ2n) is 6.67. The zero-order valence-electron chi connectivity index (χ0n) is 14.3. The van der Waals surface area contributed by atoms with Crippen molar-refractivity contribution in [3.8, 4) is 0 Å². The Morgan fingerprint density at radius 1 is 1.28 bits per heavy atom. The smallest absolute Gasteiger partial charge is 0.276 e. The van der Waals surface area contributed by atoms with Gasteiger partial charge >= 0.3 is 0 Å². The minimum Gasteiger partial charge on any atom is -0.339 e. The summed E-state index contributed by atoms with van der Waals surface area (Å²) in [6, 6.07) is 0. The first-order chi connectivity index (χ1) is 12.1. The van der Waals surface area contributed by atoms with Crippen molar-refractivity contribution in [2.75, 3.05) is 13.1 Å². The van der Waals surface area contributed by atoms with E-state index in [9.17, 15) is 4.79 Å². The summed E-state index contributed by atoms with van der Waals surface area (Å²) < 4.78 is 7.12. The fraction of sp³-hybridized carbons (Fsp3) is 0.471. The topological polar surface area (TPSA) is 89.4 Å². The maximum absolute atomic E-state index is 12.9. The highest BCUT2D eigenvalue weighted by Gasteiger charge is 2.30. The lowest BCUT2D eigenvalue weighted by atomic mass is 9.97. The summed E-state index contributed by atoms with van der Waals surface area (Å²) in [6.45, 7) is 5.31. The molecule has 0 N–H and O–H groups in total. The standard InChI is InChI=1S/C17H20N6O2/c1-11(2)16-20-14(21-25-16)12-4-3-7-23(10-12)17(24)13-15-19-6-9-22(15)8-5-18-13/h5-6,8-9,11-12H,3-4,7,10H2,1-2H3/t12-/m0/s1. The molecule has 4 rings (SSSR count). The van der Waals surface area contributed by atoms with Gasteiger partial charge in [-0.3, -0.25) is 4.79 Å². The number of hydrogen-bond donors (Lipinski definition) is 0. The van der Waals surface area contributed by atoms with Gasteiger partial charge in [0.25, 0.3) is 5.91 Å². The molecule has 1 aliphatic rings. The third-order valence-corrected chi connectivity index (χ3v) is 4.54. The largest absolute Gasteiger partial charge is 0.339 e. The summed E-state index contributed by atoms with van der Waals surface area (Å²) in [4.78, 5) is 27.8. The molecular weight excluding hydrogens is 320 g/mol. The molecule has 0 aromatic carbocycles. The number of imidazole rings is 1. The summed E-state index contributed by atoms with van der Waals surface area (Å²) >= 11 is 0. The summed E-state index contributed by atoms with van der Waals surface area (Å²) in [5, 5.41) is 4.11. The summed E-state index contributed by atoms with van der Waals surface area (Å²) in [6.07, 6.45) is 8.73. The Morgan fingerprint density at radius 2 is 2.08 bits per heavy atom. The molecular formula is C17H20N6O2. The quantitative estimate of drug-likeness (QED) is 0.726. The number of carbonyl (C=O) groups is 1. The van der Waals surface area contributed by atoms with E-state index < -0.39 is 0 Å². The summed E-state index contributed by atoms with van der Waals surface area (Å²) in [5.74, 6) is 1.52. The fourth-order valence-electron chi connectivity index (χ4n) is 3.17. The molecule has 1 fully saturated rings. The molecule has 130 valence electrons. The lowest BCUT2D eigenvalue weighted by molar-refractivity contribution is 0.0699. The van der Waals surface area contributed by atoms with Crippen LogP contribution in [-0.4, -0.2) is 48.4 Å². The molecule has 1 aliphatic heterocycles. The molecule has 3 aromatic rings. The molecule has 8 nitrogen and oxygen atoms in total. The van der Waals surface area contributed by atoms with Gasteiger partial charge < -0.3 is 13.8 Å². The molecule has 1 amide bonds. The van der Waals surface area contributed by atoms with Crippen molar-refractivity contribution in [1.82, 2.24) is 29.4 Å². The van der Waals surface area contributed by atoms with Gasteiger partial charge in [0.15, 0.2) is 17.2 Å². The van der Waals surface area contributed by atoms with Crippen LogP contribution in [0.25, 0.3) is 5.65 Å². The van der Waals surface area contributed by atoms with E-state index in [0.29, 0.717) is 36.1 Å². The van der Waals surface area contributed by atoms with Crippen molar-refractivity contribution < 1.29 is 9.32 Å². The van der Waals surface area contributed by atoms with Gasteiger partial charge in [0.1, 0.15) is 0 Å². The van der Waals surface area contributed by atoms with E-state index in [2.05, 4.69) is 20.1 Å². The van der Waals surface area contributed by atoms with Crippen molar-refractivity contribution in [2.24, 2.45) is 0 Å². The lowest BCUT2D eigenvalue weighted by Crippen LogP contribution is -2.40. The van der Waals surface area contributed by atoms with Crippen LogP contribution in [0.5, 0.6) is 0 Å². The van der Waals surface area contributed by atoms with Crippen LogP contribution in [0.1, 0.15) is 60.7 Å². The Balaban J connectivity index is 1.56. The van der Waals surface area contributed by atoms with Crippen molar-refractivity contribution in [2.45, 2.75) is 38.5 Å². The van der Waals surface area contributed by atoms with E-state index in [-0.39, 0.29) is 17.7 Å². The minimum absolute atomic E-state index is 0.0911. The molecule has 3 aromatic heterocycles. The molecule has 1 saturated heterocycles. The van der Waals surface area contributed by atoms with Gasteiger partial charge in [-0.2, -0.15) is 4.98 Å². The highest BCUT2D eigenvalue weighted by molar-refractivity contribution is 5.97. The predicted molar refractivity (Wildman–Crippen MR) is 89.3 cm³/mol. The molecule has 25 heavy (non-hydrogen) atoms. The highest BCUT2D eigenvalue weighted by atomic mass is 16.5. The maximum atomic E-state index is 12.9. The van der Waals surface area contributed by atoms with Crippen molar-refractivity contribution in [3.05, 3.63) is 42.2 Å². The Hall–Kier alpha value is -2.77. The molecule has 1 atom stereocenters. The third-order valence-electron chi connectivity index (χ3n) is 4.54. The molecule has 0 saturated carbocycles. The van der Waals surface area contributed by atoms with Gasteiger partial charge in [0.05, 0.1) is 0 Å². The van der Waals surface area contributed by atoms with Crippen LogP contribution in [0.4, 0.5) is 0 Å². The normalized spacial score (nSPS) is 18.2. The first kappa shape index (κ1) is 15.7. The van der Waals surface area contributed by atoms with Crippen LogP contribution in [0.3, 0.4) is 0 Å². The van der Waals surface area contributed by atoms with Gasteiger partial charge in [-0.15, -0.1) is 0 Å². The number of piperidine rings is 1. The third kappa shape index (κ3) is 2.88. The van der Waals surface area contributed by atoms with Crippen molar-refractivity contribution in [3.63, 3.8) is 0 Å². The molecule has 0 bridgehead atoms. The van der Waals surface area contributed by atoms with Gasteiger partial charge in [-0.1, -0.05) is 19.0 Å². The van der Waals surface area contributed by atoms with Gasteiger partial charge in [-0.05, 0) is 12.8 Å². The van der Waals surface area contributed by atoms with Crippen LogP contribution in [0.2, 0.25) is 0 Å². The number of rotatable bonds is 3. The minimum atomic E-state index is -0.103. The second-order valence-corrected chi connectivity index (χ2v) is 6.67. The van der Waals surface area contributed by atoms with Crippen LogP contribution < -0.4 is 0 Å². The van der Waals surface area contributed by atoms with E-state index in [1.54, 1.807) is 29.2 Å². The number of hydrogen-bond acceptors (Lipinski definition) is 6. The first-order valence-corrected chi connectivity index (χ1v) is 8.54. The van der Waals surface area contributed by atoms with Crippen LogP contribution in [-0.2, 0) is 0 Å². The van der Waals surface area contributed by atoms with E-state index >= 15 is 0 Å². The zero-order chi connectivity index (χ0) is 17.4. The number of fused-ring (bicyclic) bond motifs is 1. The second kappa shape index (κ2) is 6.27.